The average molecular weight is 324 g/mol. The number of benzene rings is 1. The number of halogens is 1. The van der Waals surface area contributed by atoms with Gasteiger partial charge in [0.05, 0.1) is 16.8 Å². The molecule has 1 aromatic heterocycles. The summed E-state index contributed by atoms with van der Waals surface area (Å²) in [5.41, 5.74) is 2.23. The van der Waals surface area contributed by atoms with Gasteiger partial charge in [0, 0.05) is 17.9 Å². The van der Waals surface area contributed by atoms with Crippen LogP contribution in [0.25, 0.3) is 11.3 Å². The van der Waals surface area contributed by atoms with Crippen LogP contribution in [-0.2, 0) is 14.9 Å². The third-order valence-electron chi connectivity index (χ3n) is 6.95. The lowest BCUT2D eigenvalue weighted by atomic mass is 9.68. The maximum atomic E-state index is 14.0. The number of carbonyl (C=O) groups is 1. The molecular formula is C19H17FN2O2. The minimum atomic E-state index is -0.433. The van der Waals surface area contributed by atoms with Crippen LogP contribution < -0.4 is 0 Å². The summed E-state index contributed by atoms with van der Waals surface area (Å²) in [6.45, 7) is 5.73. The highest BCUT2D eigenvalue weighted by Crippen LogP contribution is 2.92. The molecule has 0 amide bonds. The van der Waals surface area contributed by atoms with Crippen LogP contribution in [-0.4, -0.2) is 21.8 Å². The molecule has 4 nitrogen and oxygen atoms in total. The Morgan fingerprint density at radius 1 is 1.29 bits per heavy atom. The zero-order chi connectivity index (χ0) is 16.9. The van der Waals surface area contributed by atoms with Gasteiger partial charge in [-0.05, 0) is 43.0 Å². The smallest absolute Gasteiger partial charge is 0.303 e. The molecular weight excluding hydrogens is 307 g/mol. The second-order valence-electron chi connectivity index (χ2n) is 7.52. The molecule has 0 saturated heterocycles. The number of nitrogens with zero attached hydrogens (tertiary/aromatic N) is 2. The summed E-state index contributed by atoms with van der Waals surface area (Å²) < 4.78 is 19.8. The molecule has 5 heteroatoms. The van der Waals surface area contributed by atoms with Crippen molar-refractivity contribution in [1.82, 2.24) is 10.2 Å². The number of rotatable bonds is 2. The Labute approximate surface area is 139 Å². The summed E-state index contributed by atoms with van der Waals surface area (Å²) >= 11 is 0. The molecule has 0 radical (unpaired) electrons. The molecule has 2 saturated carbocycles. The molecule has 3 aliphatic carbocycles. The zero-order valence-electron chi connectivity index (χ0n) is 13.8. The van der Waals surface area contributed by atoms with Crippen molar-refractivity contribution >= 4 is 5.97 Å². The van der Waals surface area contributed by atoms with E-state index in [0.29, 0.717) is 11.3 Å². The van der Waals surface area contributed by atoms with Gasteiger partial charge in [-0.25, -0.2) is 4.39 Å². The Hall–Kier alpha value is -2.30. The van der Waals surface area contributed by atoms with E-state index in [4.69, 9.17) is 4.74 Å². The molecule has 0 bridgehead atoms. The molecule has 3 aliphatic rings. The summed E-state index contributed by atoms with van der Waals surface area (Å²) in [4.78, 5) is 11.5. The van der Waals surface area contributed by atoms with Crippen molar-refractivity contribution in [2.45, 2.75) is 44.1 Å². The second-order valence-corrected chi connectivity index (χ2v) is 7.52. The maximum Gasteiger partial charge on any atom is 0.303 e. The van der Waals surface area contributed by atoms with E-state index in [1.807, 2.05) is 6.07 Å². The Balaban J connectivity index is 1.62. The molecule has 2 aromatic rings. The van der Waals surface area contributed by atoms with Gasteiger partial charge in [-0.1, -0.05) is 19.1 Å². The number of hydrogen-bond acceptors (Lipinski definition) is 4. The third-order valence-corrected chi connectivity index (χ3v) is 6.95. The second kappa shape index (κ2) is 3.85. The van der Waals surface area contributed by atoms with E-state index >= 15 is 0 Å². The van der Waals surface area contributed by atoms with Crippen molar-refractivity contribution in [3.05, 3.63) is 47.4 Å². The highest BCUT2D eigenvalue weighted by Gasteiger charge is 2.98. The lowest BCUT2D eigenvalue weighted by Crippen LogP contribution is -2.43. The Morgan fingerprint density at radius 3 is 2.75 bits per heavy atom. The van der Waals surface area contributed by atoms with Gasteiger partial charge in [0.15, 0.2) is 0 Å². The van der Waals surface area contributed by atoms with E-state index in [0.717, 1.165) is 17.7 Å². The fourth-order valence-corrected chi connectivity index (χ4v) is 5.61. The lowest BCUT2D eigenvalue weighted by Gasteiger charge is -2.41. The van der Waals surface area contributed by atoms with Crippen LogP contribution in [0.4, 0.5) is 4.39 Å². The molecule has 0 aliphatic heterocycles. The molecule has 5 rings (SSSR count). The van der Waals surface area contributed by atoms with Crippen LogP contribution in [0.2, 0.25) is 0 Å². The molecule has 122 valence electrons. The SMILES string of the molecule is CC(=O)O[C@]12C[C@@H]3c4cc(-c5ccccc5F)nnc4[C@@]1(C)C32C. The van der Waals surface area contributed by atoms with Crippen LogP contribution in [0.15, 0.2) is 30.3 Å². The molecule has 0 spiro atoms. The quantitative estimate of drug-likeness (QED) is 0.795. The van der Waals surface area contributed by atoms with Crippen molar-refractivity contribution in [3.63, 3.8) is 0 Å². The van der Waals surface area contributed by atoms with Gasteiger partial charge < -0.3 is 4.74 Å². The van der Waals surface area contributed by atoms with E-state index in [1.165, 1.54) is 13.0 Å². The molecule has 2 fully saturated rings. The van der Waals surface area contributed by atoms with E-state index in [1.54, 1.807) is 18.2 Å². The van der Waals surface area contributed by atoms with E-state index in [-0.39, 0.29) is 28.5 Å². The normalized spacial score (nSPS) is 37.2. The molecule has 0 N–H and O–H groups in total. The standard InChI is InChI=1S/C19H17FN2O2/c1-10(23)24-19-9-13-12-8-15(11-6-4-5-7-14(11)20)21-22-16(12)18(19,3)17(13,19)2/h4-8,13H,9H2,1-3H3/t13-,17?,18+,19+/m1/s1. The first-order valence-corrected chi connectivity index (χ1v) is 8.19. The summed E-state index contributed by atoms with van der Waals surface area (Å²) in [6.07, 6.45) is 0.814. The van der Waals surface area contributed by atoms with Gasteiger partial charge in [-0.3, -0.25) is 4.79 Å². The highest BCUT2D eigenvalue weighted by molar-refractivity contribution is 5.74. The van der Waals surface area contributed by atoms with Crippen LogP contribution in [0.1, 0.15) is 44.4 Å². The number of aromatic nitrogens is 2. The Kier molecular flexibility index (Phi) is 2.26. The van der Waals surface area contributed by atoms with Crippen molar-refractivity contribution < 1.29 is 13.9 Å². The fraction of sp³-hybridized carbons (Fsp3) is 0.421. The summed E-state index contributed by atoms with van der Waals surface area (Å²) in [5.74, 6) is -0.254. The van der Waals surface area contributed by atoms with E-state index in [9.17, 15) is 9.18 Å². The minimum absolute atomic E-state index is 0.115. The molecule has 1 unspecified atom stereocenters. The average Bonchev–Trinajstić information content (AvgIpc) is 2.76. The van der Waals surface area contributed by atoms with Crippen molar-refractivity contribution in [2.75, 3.05) is 0 Å². The predicted octanol–water partition coefficient (Wildman–Crippen LogP) is 3.36. The van der Waals surface area contributed by atoms with Crippen molar-refractivity contribution in [3.8, 4) is 11.3 Å². The van der Waals surface area contributed by atoms with E-state index < -0.39 is 5.60 Å². The van der Waals surface area contributed by atoms with Gasteiger partial charge in [-0.15, -0.1) is 0 Å². The number of carbonyl (C=O) groups excluding carboxylic acids is 1. The summed E-state index contributed by atoms with van der Waals surface area (Å²) in [7, 11) is 0. The Bertz CT molecular complexity index is 929. The zero-order valence-corrected chi connectivity index (χ0v) is 13.8. The van der Waals surface area contributed by atoms with Gasteiger partial charge in [0.1, 0.15) is 11.4 Å². The fourth-order valence-electron chi connectivity index (χ4n) is 5.61. The van der Waals surface area contributed by atoms with Gasteiger partial charge in [0.2, 0.25) is 0 Å². The van der Waals surface area contributed by atoms with Crippen LogP contribution in [0.3, 0.4) is 0 Å². The lowest BCUT2D eigenvalue weighted by molar-refractivity contribution is -0.159. The first-order chi connectivity index (χ1) is 11.4. The minimum Gasteiger partial charge on any atom is -0.458 e. The third kappa shape index (κ3) is 1.17. The predicted molar refractivity (Wildman–Crippen MR) is 84.7 cm³/mol. The van der Waals surface area contributed by atoms with Crippen LogP contribution >= 0.6 is 0 Å². The van der Waals surface area contributed by atoms with Gasteiger partial charge >= 0.3 is 5.97 Å². The largest absolute Gasteiger partial charge is 0.458 e. The first kappa shape index (κ1) is 14.1. The highest BCUT2D eigenvalue weighted by atomic mass is 19.1. The number of fused-ring (bicyclic) bond motifs is 4. The van der Waals surface area contributed by atoms with Gasteiger partial charge in [0.25, 0.3) is 0 Å². The summed E-state index contributed by atoms with van der Waals surface area (Å²) in [5, 5.41) is 8.71. The molecule has 24 heavy (non-hydrogen) atoms. The van der Waals surface area contributed by atoms with Gasteiger partial charge in [-0.2, -0.15) is 10.2 Å². The number of hydrogen-bond donors (Lipinski definition) is 0. The molecule has 4 atom stereocenters. The number of ether oxygens (including phenoxy) is 1. The van der Waals surface area contributed by atoms with Crippen LogP contribution in [0.5, 0.6) is 0 Å². The summed E-state index contributed by atoms with van der Waals surface area (Å²) in [6, 6.07) is 8.57. The molecule has 1 aromatic carbocycles. The Morgan fingerprint density at radius 2 is 2.04 bits per heavy atom. The van der Waals surface area contributed by atoms with Crippen molar-refractivity contribution in [2.24, 2.45) is 5.41 Å². The first-order valence-electron chi connectivity index (χ1n) is 8.19. The molecule has 1 heterocycles. The number of esters is 1. The monoisotopic (exact) mass is 324 g/mol. The maximum absolute atomic E-state index is 14.0. The topological polar surface area (TPSA) is 52.1 Å². The van der Waals surface area contributed by atoms with E-state index in [2.05, 4.69) is 24.0 Å². The van der Waals surface area contributed by atoms with Crippen LogP contribution in [0, 0.1) is 11.2 Å². The van der Waals surface area contributed by atoms with Crippen molar-refractivity contribution in [1.29, 1.82) is 0 Å².